The number of aromatic nitrogens is 2. The number of nitrogens with one attached hydrogen (secondary N) is 1. The van der Waals surface area contributed by atoms with E-state index in [0.717, 1.165) is 47.5 Å². The van der Waals surface area contributed by atoms with E-state index in [1.54, 1.807) is 12.1 Å². The Bertz CT molecular complexity index is 802. The molecule has 0 unspecified atom stereocenters. The molecule has 0 saturated heterocycles. The summed E-state index contributed by atoms with van der Waals surface area (Å²) in [6.45, 7) is 6.10. The minimum Gasteiger partial charge on any atom is -0.309 e. The Morgan fingerprint density at radius 3 is 2.80 bits per heavy atom. The molecule has 1 amide bonds. The third kappa shape index (κ3) is 3.86. The van der Waals surface area contributed by atoms with E-state index in [-0.39, 0.29) is 11.7 Å². The van der Waals surface area contributed by atoms with Gasteiger partial charge in [-0.3, -0.25) is 4.79 Å². The first kappa shape index (κ1) is 17.5. The lowest BCUT2D eigenvalue weighted by atomic mass is 9.91. The van der Waals surface area contributed by atoms with Crippen LogP contribution in [0.1, 0.15) is 50.6 Å². The van der Waals surface area contributed by atoms with Crippen LogP contribution in [0.2, 0.25) is 0 Å². The Kier molecular flexibility index (Phi) is 5.11. The highest BCUT2D eigenvalue weighted by Crippen LogP contribution is 2.33. The van der Waals surface area contributed by atoms with Crippen molar-refractivity contribution in [3.05, 3.63) is 41.0 Å². The van der Waals surface area contributed by atoms with Crippen LogP contribution in [-0.2, 0) is 24.1 Å². The number of benzene rings is 1. The number of carbonyl (C=O) groups excluding carboxylic acids is 1. The topological polar surface area (TPSA) is 54.9 Å². The Hall–Kier alpha value is -2.30. The molecule has 1 aliphatic rings. The van der Waals surface area contributed by atoms with Crippen molar-refractivity contribution in [1.82, 2.24) is 9.97 Å². The maximum absolute atomic E-state index is 13.5. The van der Waals surface area contributed by atoms with Crippen LogP contribution in [0.5, 0.6) is 0 Å². The van der Waals surface area contributed by atoms with Crippen LogP contribution < -0.4 is 5.32 Å². The number of carbonyl (C=O) groups is 1. The van der Waals surface area contributed by atoms with Crippen molar-refractivity contribution in [2.75, 3.05) is 5.32 Å². The largest absolute Gasteiger partial charge is 0.309 e. The highest BCUT2D eigenvalue weighted by Gasteiger charge is 2.22. The van der Waals surface area contributed by atoms with E-state index in [1.165, 1.54) is 6.07 Å². The Morgan fingerprint density at radius 1 is 1.28 bits per heavy atom. The average molecular weight is 341 g/mol. The van der Waals surface area contributed by atoms with E-state index in [2.05, 4.69) is 12.2 Å². The molecule has 1 aliphatic carbocycles. The van der Waals surface area contributed by atoms with Crippen LogP contribution in [0, 0.1) is 11.7 Å². The summed E-state index contributed by atoms with van der Waals surface area (Å²) in [5.41, 5.74) is 4.43. The number of halogens is 1. The molecule has 0 bridgehead atoms. The van der Waals surface area contributed by atoms with Gasteiger partial charge in [-0.15, -0.1) is 0 Å². The summed E-state index contributed by atoms with van der Waals surface area (Å²) in [5, 5.41) is 2.94. The van der Waals surface area contributed by atoms with Gasteiger partial charge < -0.3 is 5.32 Å². The van der Waals surface area contributed by atoms with Crippen molar-refractivity contribution >= 4 is 11.7 Å². The number of hydrogen-bond acceptors (Lipinski definition) is 3. The van der Waals surface area contributed by atoms with Gasteiger partial charge in [-0.1, -0.05) is 27.2 Å². The number of anilines is 1. The molecular formula is C20H24FN3O. The molecule has 132 valence electrons. The number of hydrogen-bond donors (Lipinski definition) is 1. The summed E-state index contributed by atoms with van der Waals surface area (Å²) in [6.07, 6.45) is 3.57. The molecule has 0 fully saturated rings. The summed E-state index contributed by atoms with van der Waals surface area (Å²) in [4.78, 5) is 21.7. The van der Waals surface area contributed by atoms with E-state index in [1.807, 2.05) is 13.8 Å². The van der Waals surface area contributed by atoms with Gasteiger partial charge in [0.05, 0.1) is 17.1 Å². The smallest absolute Gasteiger partial charge is 0.225 e. The van der Waals surface area contributed by atoms with Crippen molar-refractivity contribution in [2.24, 2.45) is 5.92 Å². The van der Waals surface area contributed by atoms with Crippen molar-refractivity contribution in [1.29, 1.82) is 0 Å². The van der Waals surface area contributed by atoms with Crippen LogP contribution in [0.15, 0.2) is 18.2 Å². The van der Waals surface area contributed by atoms with Gasteiger partial charge in [-0.05, 0) is 48.9 Å². The van der Waals surface area contributed by atoms with Gasteiger partial charge >= 0.3 is 0 Å². The predicted octanol–water partition coefficient (Wildman–Crippen LogP) is 4.32. The summed E-state index contributed by atoms with van der Waals surface area (Å²) >= 11 is 0. The Balaban J connectivity index is 2.00. The van der Waals surface area contributed by atoms with E-state index < -0.39 is 0 Å². The summed E-state index contributed by atoms with van der Waals surface area (Å²) < 4.78 is 13.5. The average Bonchev–Trinajstić information content (AvgIpc) is 2.54. The molecule has 3 rings (SSSR count). The second-order valence-electron chi connectivity index (χ2n) is 7.01. The zero-order valence-corrected chi connectivity index (χ0v) is 15.0. The third-order valence-corrected chi connectivity index (χ3v) is 4.33. The zero-order valence-electron chi connectivity index (χ0n) is 15.0. The quantitative estimate of drug-likeness (QED) is 0.881. The highest BCUT2D eigenvalue weighted by molar-refractivity contribution is 5.90. The first-order valence-corrected chi connectivity index (χ1v) is 8.96. The van der Waals surface area contributed by atoms with Gasteiger partial charge in [0.15, 0.2) is 5.82 Å². The van der Waals surface area contributed by atoms with Gasteiger partial charge in [0.2, 0.25) is 5.91 Å². The maximum atomic E-state index is 13.5. The van der Waals surface area contributed by atoms with E-state index in [9.17, 15) is 9.18 Å². The van der Waals surface area contributed by atoms with Gasteiger partial charge in [-0.2, -0.15) is 0 Å². The number of fused-ring (bicyclic) bond motifs is 3. The van der Waals surface area contributed by atoms with Crippen molar-refractivity contribution < 1.29 is 9.18 Å². The maximum Gasteiger partial charge on any atom is 0.225 e. The molecular weight excluding hydrogens is 317 g/mol. The SMILES string of the molecule is CCCc1nc2c(nc1NC(=O)CC(C)C)CCc1cc(F)ccc1-2. The summed E-state index contributed by atoms with van der Waals surface area (Å²) in [7, 11) is 0. The van der Waals surface area contributed by atoms with Crippen LogP contribution in [0.3, 0.4) is 0 Å². The van der Waals surface area contributed by atoms with E-state index >= 15 is 0 Å². The highest BCUT2D eigenvalue weighted by atomic mass is 19.1. The fourth-order valence-corrected chi connectivity index (χ4v) is 3.21. The lowest BCUT2D eigenvalue weighted by molar-refractivity contribution is -0.116. The van der Waals surface area contributed by atoms with Crippen molar-refractivity contribution in [3.63, 3.8) is 0 Å². The minimum atomic E-state index is -0.221. The molecule has 0 atom stereocenters. The Labute approximate surface area is 147 Å². The molecule has 0 aliphatic heterocycles. The molecule has 0 saturated carbocycles. The van der Waals surface area contributed by atoms with E-state index in [0.29, 0.717) is 24.6 Å². The zero-order chi connectivity index (χ0) is 18.0. The molecule has 1 N–H and O–H groups in total. The molecule has 4 nitrogen and oxygen atoms in total. The van der Waals surface area contributed by atoms with Crippen LogP contribution >= 0.6 is 0 Å². The number of aryl methyl sites for hydroxylation is 3. The Morgan fingerprint density at radius 2 is 2.08 bits per heavy atom. The summed E-state index contributed by atoms with van der Waals surface area (Å²) in [6, 6.07) is 4.83. The van der Waals surface area contributed by atoms with Crippen LogP contribution in [-0.4, -0.2) is 15.9 Å². The molecule has 1 heterocycles. The number of rotatable bonds is 5. The minimum absolute atomic E-state index is 0.0279. The third-order valence-electron chi connectivity index (χ3n) is 4.33. The first-order valence-electron chi connectivity index (χ1n) is 8.96. The molecule has 1 aromatic carbocycles. The lowest BCUT2D eigenvalue weighted by Gasteiger charge is -2.21. The molecule has 0 spiro atoms. The van der Waals surface area contributed by atoms with Gasteiger partial charge in [0.25, 0.3) is 0 Å². The first-order chi connectivity index (χ1) is 12.0. The monoisotopic (exact) mass is 341 g/mol. The van der Waals surface area contributed by atoms with Crippen LogP contribution in [0.4, 0.5) is 10.2 Å². The summed E-state index contributed by atoms with van der Waals surface area (Å²) in [5.74, 6) is 0.625. The molecule has 1 aromatic heterocycles. The van der Waals surface area contributed by atoms with Crippen LogP contribution in [0.25, 0.3) is 11.3 Å². The van der Waals surface area contributed by atoms with Crippen molar-refractivity contribution in [2.45, 2.75) is 52.9 Å². The molecule has 5 heteroatoms. The van der Waals surface area contributed by atoms with Gasteiger partial charge in [0.1, 0.15) is 5.82 Å². The standard InChI is InChI=1S/C20H24FN3O/c1-4-5-17-20(24-18(25)10-12(2)3)23-16-9-6-13-11-14(21)7-8-15(13)19(16)22-17/h7-8,11-12H,4-6,9-10H2,1-3H3,(H,23,24,25). The molecule has 25 heavy (non-hydrogen) atoms. The van der Waals surface area contributed by atoms with Gasteiger partial charge in [-0.25, -0.2) is 14.4 Å². The fraction of sp³-hybridized carbons (Fsp3) is 0.450. The molecule has 0 radical (unpaired) electrons. The van der Waals surface area contributed by atoms with Crippen molar-refractivity contribution in [3.8, 4) is 11.3 Å². The number of amides is 1. The number of nitrogens with zero attached hydrogens (tertiary/aromatic N) is 2. The predicted molar refractivity (Wildman–Crippen MR) is 96.9 cm³/mol. The van der Waals surface area contributed by atoms with E-state index in [4.69, 9.17) is 9.97 Å². The second-order valence-corrected chi connectivity index (χ2v) is 7.01. The van der Waals surface area contributed by atoms with Gasteiger partial charge in [0, 0.05) is 12.0 Å². The lowest BCUT2D eigenvalue weighted by Crippen LogP contribution is -2.19. The second kappa shape index (κ2) is 7.30. The fourth-order valence-electron chi connectivity index (χ4n) is 3.21. The normalized spacial score (nSPS) is 12.7. The molecule has 2 aromatic rings.